The Bertz CT molecular complexity index is 653. The van der Waals surface area contributed by atoms with E-state index in [2.05, 4.69) is 22.2 Å². The number of nitrogens with zero attached hydrogens (tertiary/aromatic N) is 3. The lowest BCUT2D eigenvalue weighted by Gasteiger charge is -2.08. The molecule has 21 heavy (non-hydrogen) atoms. The van der Waals surface area contributed by atoms with Gasteiger partial charge in [0.15, 0.2) is 5.69 Å². The Hall–Kier alpha value is -2.50. The first-order chi connectivity index (χ1) is 10.1. The van der Waals surface area contributed by atoms with Gasteiger partial charge in [0.05, 0.1) is 4.92 Å². The van der Waals surface area contributed by atoms with Crippen LogP contribution in [0.15, 0.2) is 24.3 Å². The summed E-state index contributed by atoms with van der Waals surface area (Å²) in [6.07, 6.45) is 2.06. The molecule has 1 N–H and O–H groups in total. The minimum atomic E-state index is -0.427. The van der Waals surface area contributed by atoms with Gasteiger partial charge in [-0.15, -0.1) is 0 Å². The molecular formula is C15H18N4O2. The van der Waals surface area contributed by atoms with Gasteiger partial charge in [0.1, 0.15) is 5.69 Å². The van der Waals surface area contributed by atoms with Crippen LogP contribution in [-0.4, -0.2) is 21.9 Å². The molecule has 0 amide bonds. The van der Waals surface area contributed by atoms with Gasteiger partial charge in [0.2, 0.25) is 5.95 Å². The number of anilines is 1. The summed E-state index contributed by atoms with van der Waals surface area (Å²) in [5, 5.41) is 14.1. The number of hydrogen-bond donors (Lipinski definition) is 1. The van der Waals surface area contributed by atoms with E-state index in [0.717, 1.165) is 18.4 Å². The molecule has 0 aliphatic carbocycles. The lowest BCUT2D eigenvalue weighted by atomic mass is 10.0. The van der Waals surface area contributed by atoms with Crippen molar-refractivity contribution in [2.45, 2.75) is 26.7 Å². The summed E-state index contributed by atoms with van der Waals surface area (Å²) >= 11 is 0. The molecule has 6 heteroatoms. The Kier molecular flexibility index (Phi) is 4.47. The Morgan fingerprint density at radius 2 is 1.90 bits per heavy atom. The van der Waals surface area contributed by atoms with Crippen molar-refractivity contribution in [3.05, 3.63) is 45.6 Å². The SMILES string of the molecule is CCCc1ccc(-c2nc(NC)nc(C)c2[N+](=O)[O-])cc1. The normalized spacial score (nSPS) is 10.4. The van der Waals surface area contributed by atoms with E-state index in [1.54, 1.807) is 14.0 Å². The van der Waals surface area contributed by atoms with Crippen molar-refractivity contribution in [1.82, 2.24) is 9.97 Å². The molecule has 1 aromatic carbocycles. The van der Waals surface area contributed by atoms with Crippen LogP contribution in [0.2, 0.25) is 0 Å². The number of aryl methyl sites for hydroxylation is 2. The van der Waals surface area contributed by atoms with Gasteiger partial charge in [0, 0.05) is 12.6 Å². The van der Waals surface area contributed by atoms with E-state index in [1.807, 2.05) is 24.3 Å². The van der Waals surface area contributed by atoms with E-state index in [0.29, 0.717) is 17.3 Å². The molecular weight excluding hydrogens is 268 g/mol. The fourth-order valence-electron chi connectivity index (χ4n) is 2.22. The van der Waals surface area contributed by atoms with Gasteiger partial charge >= 0.3 is 5.69 Å². The Morgan fingerprint density at radius 1 is 1.24 bits per heavy atom. The maximum absolute atomic E-state index is 11.3. The zero-order valence-corrected chi connectivity index (χ0v) is 12.4. The quantitative estimate of drug-likeness (QED) is 0.673. The molecule has 0 aliphatic heterocycles. The van der Waals surface area contributed by atoms with Gasteiger partial charge in [-0.05, 0) is 18.9 Å². The largest absolute Gasteiger partial charge is 0.357 e. The molecule has 110 valence electrons. The Labute approximate surface area is 123 Å². The van der Waals surface area contributed by atoms with Crippen LogP contribution >= 0.6 is 0 Å². The highest BCUT2D eigenvalue weighted by Gasteiger charge is 2.22. The predicted octanol–water partition coefficient (Wildman–Crippen LogP) is 3.35. The van der Waals surface area contributed by atoms with Gasteiger partial charge < -0.3 is 5.32 Å². The fraction of sp³-hybridized carbons (Fsp3) is 0.333. The first kappa shape index (κ1) is 14.9. The van der Waals surface area contributed by atoms with Crippen LogP contribution < -0.4 is 5.32 Å². The summed E-state index contributed by atoms with van der Waals surface area (Å²) in [6, 6.07) is 7.72. The van der Waals surface area contributed by atoms with Crippen LogP contribution in [-0.2, 0) is 6.42 Å². The van der Waals surface area contributed by atoms with Crippen LogP contribution in [0.1, 0.15) is 24.6 Å². The standard InChI is InChI=1S/C15H18N4O2/c1-4-5-11-6-8-12(9-7-11)13-14(19(20)21)10(2)17-15(16-3)18-13/h6-9H,4-5H2,1-3H3,(H,16,17,18). The van der Waals surface area contributed by atoms with Gasteiger partial charge in [-0.1, -0.05) is 37.6 Å². The zero-order chi connectivity index (χ0) is 15.4. The molecule has 0 atom stereocenters. The van der Waals surface area contributed by atoms with Gasteiger partial charge in [-0.25, -0.2) is 9.97 Å². The fourth-order valence-corrected chi connectivity index (χ4v) is 2.22. The lowest BCUT2D eigenvalue weighted by molar-refractivity contribution is -0.385. The molecule has 0 saturated heterocycles. The predicted molar refractivity (Wildman–Crippen MR) is 82.4 cm³/mol. The molecule has 1 heterocycles. The number of hydrogen-bond acceptors (Lipinski definition) is 5. The van der Waals surface area contributed by atoms with Crippen LogP contribution in [0.4, 0.5) is 11.6 Å². The second-order valence-electron chi connectivity index (χ2n) is 4.78. The summed E-state index contributed by atoms with van der Waals surface area (Å²) in [4.78, 5) is 19.2. The van der Waals surface area contributed by atoms with Crippen molar-refractivity contribution in [2.75, 3.05) is 12.4 Å². The third kappa shape index (κ3) is 3.16. The van der Waals surface area contributed by atoms with Crippen molar-refractivity contribution in [1.29, 1.82) is 0 Å². The highest BCUT2D eigenvalue weighted by molar-refractivity contribution is 5.72. The minimum absolute atomic E-state index is 0.0442. The number of aromatic nitrogens is 2. The van der Waals surface area contributed by atoms with E-state index in [9.17, 15) is 10.1 Å². The third-order valence-electron chi connectivity index (χ3n) is 3.23. The van der Waals surface area contributed by atoms with Crippen molar-refractivity contribution in [3.63, 3.8) is 0 Å². The molecule has 6 nitrogen and oxygen atoms in total. The first-order valence-electron chi connectivity index (χ1n) is 6.87. The third-order valence-corrected chi connectivity index (χ3v) is 3.23. The Morgan fingerprint density at radius 3 is 2.43 bits per heavy atom. The summed E-state index contributed by atoms with van der Waals surface area (Å²) in [7, 11) is 1.69. The van der Waals surface area contributed by atoms with E-state index in [4.69, 9.17) is 0 Å². The van der Waals surface area contributed by atoms with Crippen LogP contribution in [0, 0.1) is 17.0 Å². The molecule has 0 fully saturated rings. The van der Waals surface area contributed by atoms with Crippen molar-refractivity contribution >= 4 is 11.6 Å². The van der Waals surface area contributed by atoms with Crippen LogP contribution in [0.5, 0.6) is 0 Å². The summed E-state index contributed by atoms with van der Waals surface area (Å²) < 4.78 is 0. The highest BCUT2D eigenvalue weighted by Crippen LogP contribution is 2.31. The minimum Gasteiger partial charge on any atom is -0.357 e. The zero-order valence-electron chi connectivity index (χ0n) is 12.4. The average molecular weight is 286 g/mol. The van der Waals surface area contributed by atoms with E-state index in [1.165, 1.54) is 5.56 Å². The van der Waals surface area contributed by atoms with Gasteiger partial charge in [0.25, 0.3) is 0 Å². The van der Waals surface area contributed by atoms with Crippen LogP contribution in [0.3, 0.4) is 0 Å². The molecule has 0 spiro atoms. The summed E-state index contributed by atoms with van der Waals surface area (Å²) in [6.45, 7) is 3.74. The maximum atomic E-state index is 11.3. The number of nitro groups is 1. The van der Waals surface area contributed by atoms with Crippen LogP contribution in [0.25, 0.3) is 11.3 Å². The molecule has 0 unspecified atom stereocenters. The smallest absolute Gasteiger partial charge is 0.316 e. The molecule has 2 rings (SSSR count). The monoisotopic (exact) mass is 286 g/mol. The van der Waals surface area contributed by atoms with Crippen molar-refractivity contribution < 1.29 is 4.92 Å². The number of rotatable bonds is 5. The topological polar surface area (TPSA) is 81.0 Å². The summed E-state index contributed by atoms with van der Waals surface area (Å²) in [5.74, 6) is 0.380. The number of benzene rings is 1. The molecule has 0 saturated carbocycles. The summed E-state index contributed by atoms with van der Waals surface area (Å²) in [5.41, 5.74) is 2.59. The second-order valence-corrected chi connectivity index (χ2v) is 4.78. The lowest BCUT2D eigenvalue weighted by Crippen LogP contribution is -2.05. The van der Waals surface area contributed by atoms with Crippen molar-refractivity contribution in [3.8, 4) is 11.3 Å². The second kappa shape index (κ2) is 6.30. The Balaban J connectivity index is 2.55. The van der Waals surface area contributed by atoms with Gasteiger partial charge in [-0.2, -0.15) is 0 Å². The van der Waals surface area contributed by atoms with Crippen molar-refractivity contribution in [2.24, 2.45) is 0 Å². The molecule has 1 aromatic heterocycles. The maximum Gasteiger partial charge on any atom is 0.316 e. The molecule has 2 aromatic rings. The highest BCUT2D eigenvalue weighted by atomic mass is 16.6. The number of nitrogens with one attached hydrogen (secondary N) is 1. The van der Waals surface area contributed by atoms with Gasteiger partial charge in [-0.3, -0.25) is 10.1 Å². The molecule has 0 aliphatic rings. The average Bonchev–Trinajstić information content (AvgIpc) is 2.47. The molecule has 0 radical (unpaired) electrons. The van der Waals surface area contributed by atoms with E-state index >= 15 is 0 Å². The molecule has 0 bridgehead atoms. The van der Waals surface area contributed by atoms with E-state index in [-0.39, 0.29) is 5.69 Å². The first-order valence-corrected chi connectivity index (χ1v) is 6.87. The van der Waals surface area contributed by atoms with E-state index < -0.39 is 4.92 Å².